The largest absolute Gasteiger partial charge is 0.504 e. The van der Waals surface area contributed by atoms with Crippen molar-refractivity contribution in [1.29, 1.82) is 0 Å². The van der Waals surface area contributed by atoms with Gasteiger partial charge in [-0.25, -0.2) is 0 Å². The predicted octanol–water partition coefficient (Wildman–Crippen LogP) is 8.20. The summed E-state index contributed by atoms with van der Waals surface area (Å²) >= 11 is 0. The second-order valence-corrected chi connectivity index (χ2v) is 11.1. The lowest BCUT2D eigenvalue weighted by atomic mass is 9.95. The van der Waals surface area contributed by atoms with Crippen molar-refractivity contribution in [3.05, 3.63) is 86.2 Å². The van der Waals surface area contributed by atoms with Crippen LogP contribution in [-0.4, -0.2) is 33.6 Å². The molecule has 0 radical (unpaired) electrons. The van der Waals surface area contributed by atoms with Crippen LogP contribution in [0.5, 0.6) is 23.0 Å². The van der Waals surface area contributed by atoms with Gasteiger partial charge < -0.3 is 28.8 Å². The van der Waals surface area contributed by atoms with Crippen molar-refractivity contribution >= 4 is 21.8 Å². The number of hydrogen-bond acceptors (Lipinski definition) is 4. The standard InChI is InChI=1S/C34H36N2O4/c1-9-33(3,4)35-19-23(21-15-11-13-17-25(21)35)27-29(37)32(40-8)28(30(38)31(27)39-7)24-20-36(34(5,6)10-2)26-18-14-12-16-22(24)26/h9-20,37-38H,1-2H2,3-8H3. The molecule has 0 atom stereocenters. The number of hydrogen-bond donors (Lipinski definition) is 2. The molecule has 5 rings (SSSR count). The van der Waals surface area contributed by atoms with E-state index in [4.69, 9.17) is 9.47 Å². The van der Waals surface area contributed by atoms with Crippen LogP contribution in [0.1, 0.15) is 27.7 Å². The highest BCUT2D eigenvalue weighted by Gasteiger charge is 2.32. The Hall–Kier alpha value is -4.58. The molecule has 2 heterocycles. The fourth-order valence-corrected chi connectivity index (χ4v) is 5.48. The van der Waals surface area contributed by atoms with Gasteiger partial charge >= 0.3 is 0 Å². The quantitative estimate of drug-likeness (QED) is 0.155. The van der Waals surface area contributed by atoms with E-state index in [2.05, 4.69) is 50.0 Å². The fourth-order valence-electron chi connectivity index (χ4n) is 5.48. The lowest BCUT2D eigenvalue weighted by molar-refractivity contribution is 0.351. The third-order valence-corrected chi connectivity index (χ3v) is 7.97. The molecule has 206 valence electrons. The van der Waals surface area contributed by atoms with Gasteiger partial charge in [0.05, 0.1) is 36.4 Å². The Morgan fingerprint density at radius 2 is 1.00 bits per heavy atom. The van der Waals surface area contributed by atoms with E-state index in [1.807, 2.05) is 73.1 Å². The smallest absolute Gasteiger partial charge is 0.173 e. The maximum Gasteiger partial charge on any atom is 0.173 e. The fraction of sp³-hybridized carbons (Fsp3) is 0.235. The molecular formula is C34H36N2O4. The summed E-state index contributed by atoms with van der Waals surface area (Å²) in [4.78, 5) is 0. The Labute approximate surface area is 235 Å². The molecule has 5 aromatic rings. The number of fused-ring (bicyclic) bond motifs is 2. The second-order valence-electron chi connectivity index (χ2n) is 11.1. The van der Waals surface area contributed by atoms with E-state index in [0.29, 0.717) is 22.3 Å². The molecule has 0 saturated heterocycles. The minimum absolute atomic E-state index is 0.119. The van der Waals surface area contributed by atoms with Crippen molar-refractivity contribution in [3.63, 3.8) is 0 Å². The van der Waals surface area contributed by atoms with Gasteiger partial charge in [-0.1, -0.05) is 48.6 Å². The highest BCUT2D eigenvalue weighted by Crippen LogP contribution is 2.58. The van der Waals surface area contributed by atoms with Gasteiger partial charge in [-0.15, -0.1) is 13.2 Å². The molecule has 2 aromatic heterocycles. The van der Waals surface area contributed by atoms with Gasteiger partial charge in [-0.05, 0) is 39.8 Å². The lowest BCUT2D eigenvalue weighted by Crippen LogP contribution is -2.21. The number of aromatic nitrogens is 2. The van der Waals surface area contributed by atoms with Gasteiger partial charge in [0, 0.05) is 45.3 Å². The first-order valence-corrected chi connectivity index (χ1v) is 13.2. The highest BCUT2D eigenvalue weighted by molar-refractivity contribution is 6.06. The Balaban J connectivity index is 1.89. The van der Waals surface area contributed by atoms with E-state index in [1.54, 1.807) is 0 Å². The topological polar surface area (TPSA) is 68.8 Å². The van der Waals surface area contributed by atoms with Crippen molar-refractivity contribution in [2.75, 3.05) is 14.2 Å². The van der Waals surface area contributed by atoms with Crippen LogP contribution in [0.3, 0.4) is 0 Å². The Morgan fingerprint density at radius 3 is 1.32 bits per heavy atom. The number of phenols is 2. The minimum atomic E-state index is -0.410. The highest BCUT2D eigenvalue weighted by atomic mass is 16.5. The van der Waals surface area contributed by atoms with Crippen LogP contribution in [0, 0.1) is 0 Å². The lowest BCUT2D eigenvalue weighted by Gasteiger charge is -2.24. The van der Waals surface area contributed by atoms with Crippen LogP contribution in [0.25, 0.3) is 44.1 Å². The number of allylic oxidation sites excluding steroid dienone is 2. The molecule has 6 nitrogen and oxygen atoms in total. The predicted molar refractivity (Wildman–Crippen MR) is 164 cm³/mol. The molecule has 0 bridgehead atoms. The number of phenolic OH excluding ortho intramolecular Hbond substituents is 2. The van der Waals surface area contributed by atoms with Gasteiger partial charge in [0.1, 0.15) is 0 Å². The van der Waals surface area contributed by atoms with Crippen molar-refractivity contribution in [3.8, 4) is 45.3 Å². The first kappa shape index (κ1) is 27.0. The Bertz CT molecular complexity index is 1650. The molecule has 40 heavy (non-hydrogen) atoms. The van der Waals surface area contributed by atoms with Crippen molar-refractivity contribution in [2.24, 2.45) is 0 Å². The normalized spacial score (nSPS) is 12.2. The van der Waals surface area contributed by atoms with Crippen LogP contribution in [0.2, 0.25) is 0 Å². The zero-order valence-electron chi connectivity index (χ0n) is 23.9. The second kappa shape index (κ2) is 9.56. The number of benzene rings is 3. The van der Waals surface area contributed by atoms with Crippen molar-refractivity contribution in [2.45, 2.75) is 38.8 Å². The minimum Gasteiger partial charge on any atom is -0.504 e. The van der Waals surface area contributed by atoms with E-state index < -0.39 is 11.1 Å². The Morgan fingerprint density at radius 1 is 0.650 bits per heavy atom. The van der Waals surface area contributed by atoms with Crippen molar-refractivity contribution in [1.82, 2.24) is 9.13 Å². The summed E-state index contributed by atoms with van der Waals surface area (Å²) in [5.41, 5.74) is 3.21. The number of nitrogens with zero attached hydrogens (tertiary/aromatic N) is 2. The number of para-hydroxylation sites is 2. The van der Waals surface area contributed by atoms with E-state index in [-0.39, 0.29) is 23.0 Å². The molecule has 3 aromatic carbocycles. The van der Waals surface area contributed by atoms with Gasteiger partial charge in [-0.2, -0.15) is 0 Å². The average molecular weight is 537 g/mol. The van der Waals surface area contributed by atoms with E-state index in [0.717, 1.165) is 21.8 Å². The van der Waals surface area contributed by atoms with Crippen LogP contribution >= 0.6 is 0 Å². The maximum atomic E-state index is 11.9. The maximum absolute atomic E-state index is 11.9. The molecule has 0 spiro atoms. The number of aromatic hydroxyl groups is 2. The number of methoxy groups -OCH3 is 2. The molecule has 0 unspecified atom stereocenters. The summed E-state index contributed by atoms with van der Waals surface area (Å²) in [7, 11) is 2.98. The van der Waals surface area contributed by atoms with Gasteiger partial charge in [0.15, 0.2) is 23.0 Å². The zero-order chi connectivity index (χ0) is 29.0. The van der Waals surface area contributed by atoms with E-state index >= 15 is 0 Å². The molecular weight excluding hydrogens is 500 g/mol. The molecule has 0 amide bonds. The molecule has 0 aliphatic heterocycles. The molecule has 0 aliphatic carbocycles. The van der Waals surface area contributed by atoms with Gasteiger partial charge in [0.2, 0.25) is 0 Å². The molecule has 0 fully saturated rings. The van der Waals surface area contributed by atoms with Crippen LogP contribution in [0.15, 0.2) is 86.2 Å². The van der Waals surface area contributed by atoms with Crippen LogP contribution in [0.4, 0.5) is 0 Å². The monoisotopic (exact) mass is 536 g/mol. The van der Waals surface area contributed by atoms with Crippen molar-refractivity contribution < 1.29 is 19.7 Å². The summed E-state index contributed by atoms with van der Waals surface area (Å²) in [5, 5.41) is 25.5. The molecule has 2 N–H and O–H groups in total. The SMILES string of the molecule is C=CC(C)(C)n1cc(-c2c(O)c(OC)c(-c3cn(C(C)(C)C=C)c4ccccc34)c(O)c2OC)c2ccccc21. The third kappa shape index (κ3) is 3.86. The van der Waals surface area contributed by atoms with E-state index in [9.17, 15) is 10.2 Å². The molecule has 6 heteroatoms. The average Bonchev–Trinajstić information content (AvgIpc) is 3.54. The van der Waals surface area contributed by atoms with E-state index in [1.165, 1.54) is 14.2 Å². The van der Waals surface area contributed by atoms with Gasteiger partial charge in [-0.3, -0.25) is 0 Å². The summed E-state index contributed by atoms with van der Waals surface area (Å²) in [5.74, 6) is 0.0809. The zero-order valence-corrected chi connectivity index (χ0v) is 23.9. The number of rotatable bonds is 8. The summed E-state index contributed by atoms with van der Waals surface area (Å²) in [6.07, 6.45) is 7.67. The molecule has 0 aliphatic rings. The van der Waals surface area contributed by atoms with Gasteiger partial charge in [0.25, 0.3) is 0 Å². The summed E-state index contributed by atoms with van der Waals surface area (Å²) in [6.45, 7) is 16.3. The molecule has 0 saturated carbocycles. The number of ether oxygens (including phenoxy) is 2. The van der Waals surface area contributed by atoms with Crippen LogP contribution < -0.4 is 9.47 Å². The third-order valence-electron chi connectivity index (χ3n) is 7.97. The summed E-state index contributed by atoms with van der Waals surface area (Å²) < 4.78 is 15.9. The first-order chi connectivity index (χ1) is 19.0. The van der Waals surface area contributed by atoms with Crippen LogP contribution in [-0.2, 0) is 11.1 Å². The summed E-state index contributed by atoms with van der Waals surface area (Å²) in [6, 6.07) is 15.9. The Kier molecular flexibility index (Phi) is 6.45. The first-order valence-electron chi connectivity index (χ1n) is 13.2.